The SMILES string of the molecule is C=C(C)C1C(C)(C)CC2(CCC(=O)O2)CC1(C)C. The van der Waals surface area contributed by atoms with E-state index >= 15 is 0 Å². The van der Waals surface area contributed by atoms with Gasteiger partial charge in [-0.3, -0.25) is 4.79 Å². The number of esters is 1. The number of allylic oxidation sites excluding steroid dienone is 1. The average Bonchev–Trinajstić information content (AvgIpc) is 2.39. The molecule has 1 spiro atoms. The fourth-order valence-electron chi connectivity index (χ4n) is 5.24. The molecular formula is C16H26O2. The van der Waals surface area contributed by atoms with Crippen molar-refractivity contribution in [1.29, 1.82) is 0 Å². The molecule has 2 heteroatoms. The summed E-state index contributed by atoms with van der Waals surface area (Å²) in [4.78, 5) is 11.5. The van der Waals surface area contributed by atoms with Crippen molar-refractivity contribution in [2.24, 2.45) is 16.7 Å². The highest BCUT2D eigenvalue weighted by molar-refractivity contribution is 5.72. The van der Waals surface area contributed by atoms with Gasteiger partial charge in [0.15, 0.2) is 0 Å². The third-order valence-electron chi connectivity index (χ3n) is 4.73. The third-order valence-corrected chi connectivity index (χ3v) is 4.73. The smallest absolute Gasteiger partial charge is 0.306 e. The number of carbonyl (C=O) groups is 1. The fourth-order valence-corrected chi connectivity index (χ4v) is 5.24. The molecule has 0 aromatic carbocycles. The van der Waals surface area contributed by atoms with Crippen LogP contribution in [0.25, 0.3) is 0 Å². The summed E-state index contributed by atoms with van der Waals surface area (Å²) >= 11 is 0. The van der Waals surface area contributed by atoms with Crippen LogP contribution in [0.5, 0.6) is 0 Å². The van der Waals surface area contributed by atoms with Crippen molar-refractivity contribution in [2.45, 2.75) is 65.9 Å². The summed E-state index contributed by atoms with van der Waals surface area (Å²) in [6.45, 7) is 15.5. The van der Waals surface area contributed by atoms with Gasteiger partial charge in [-0.05, 0) is 42.9 Å². The molecule has 0 radical (unpaired) electrons. The first kappa shape index (κ1) is 13.6. The van der Waals surface area contributed by atoms with Crippen LogP contribution < -0.4 is 0 Å². The Morgan fingerprint density at radius 1 is 1.22 bits per heavy atom. The van der Waals surface area contributed by atoms with Gasteiger partial charge >= 0.3 is 5.97 Å². The monoisotopic (exact) mass is 250 g/mol. The summed E-state index contributed by atoms with van der Waals surface area (Å²) in [6, 6.07) is 0. The molecule has 2 nitrogen and oxygen atoms in total. The van der Waals surface area contributed by atoms with Crippen LogP contribution in [0.4, 0.5) is 0 Å². The molecule has 0 amide bonds. The maximum absolute atomic E-state index is 11.5. The van der Waals surface area contributed by atoms with Crippen LogP contribution in [0.2, 0.25) is 0 Å². The van der Waals surface area contributed by atoms with Crippen LogP contribution in [-0.2, 0) is 9.53 Å². The van der Waals surface area contributed by atoms with E-state index in [1.165, 1.54) is 5.57 Å². The third kappa shape index (κ3) is 2.10. The summed E-state index contributed by atoms with van der Waals surface area (Å²) in [5, 5.41) is 0. The fraction of sp³-hybridized carbons (Fsp3) is 0.812. The van der Waals surface area contributed by atoms with Gasteiger partial charge in [0.1, 0.15) is 5.60 Å². The highest BCUT2D eigenvalue weighted by Crippen LogP contribution is 2.59. The molecule has 0 aromatic rings. The number of ether oxygens (including phenoxy) is 1. The Morgan fingerprint density at radius 3 is 2.06 bits per heavy atom. The second kappa shape index (κ2) is 3.85. The summed E-state index contributed by atoms with van der Waals surface area (Å²) in [7, 11) is 0. The molecule has 2 fully saturated rings. The second-order valence-corrected chi connectivity index (χ2v) is 7.77. The molecule has 0 atom stereocenters. The number of rotatable bonds is 1. The van der Waals surface area contributed by atoms with Gasteiger partial charge < -0.3 is 4.74 Å². The summed E-state index contributed by atoms with van der Waals surface area (Å²) in [5.74, 6) is 0.463. The lowest BCUT2D eigenvalue weighted by Crippen LogP contribution is -2.52. The lowest BCUT2D eigenvalue weighted by Gasteiger charge is -2.55. The molecule has 1 saturated carbocycles. The highest BCUT2D eigenvalue weighted by Gasteiger charge is 2.57. The van der Waals surface area contributed by atoms with Crippen molar-refractivity contribution in [1.82, 2.24) is 0 Å². The van der Waals surface area contributed by atoms with Gasteiger partial charge in [0.2, 0.25) is 0 Å². The second-order valence-electron chi connectivity index (χ2n) is 7.77. The predicted octanol–water partition coefficient (Wildman–Crippen LogP) is 4.10. The molecule has 1 heterocycles. The Kier molecular flexibility index (Phi) is 2.92. The maximum atomic E-state index is 11.5. The zero-order chi connectivity index (χ0) is 13.8. The average molecular weight is 250 g/mol. The van der Waals surface area contributed by atoms with Gasteiger partial charge in [0.25, 0.3) is 0 Å². The molecule has 18 heavy (non-hydrogen) atoms. The Balaban J connectivity index is 2.36. The van der Waals surface area contributed by atoms with Gasteiger partial charge in [-0.15, -0.1) is 0 Å². The van der Waals surface area contributed by atoms with Crippen LogP contribution >= 0.6 is 0 Å². The quantitative estimate of drug-likeness (QED) is 0.517. The lowest BCUT2D eigenvalue weighted by atomic mass is 9.51. The van der Waals surface area contributed by atoms with Gasteiger partial charge in [0.05, 0.1) is 0 Å². The molecule has 0 N–H and O–H groups in total. The van der Waals surface area contributed by atoms with E-state index < -0.39 is 0 Å². The highest BCUT2D eigenvalue weighted by atomic mass is 16.6. The summed E-state index contributed by atoms with van der Waals surface area (Å²) in [6.07, 6.45) is 3.41. The molecule has 1 aliphatic carbocycles. The topological polar surface area (TPSA) is 26.3 Å². The lowest BCUT2D eigenvalue weighted by molar-refractivity contribution is -0.164. The number of hydrogen-bond acceptors (Lipinski definition) is 2. The van der Waals surface area contributed by atoms with Crippen LogP contribution in [0.3, 0.4) is 0 Å². The molecule has 102 valence electrons. The molecule has 0 aromatic heterocycles. The Morgan fingerprint density at radius 2 is 1.72 bits per heavy atom. The minimum absolute atomic E-state index is 0.0182. The van der Waals surface area contributed by atoms with Gasteiger partial charge in [0, 0.05) is 6.42 Å². The molecule has 1 aliphatic heterocycles. The van der Waals surface area contributed by atoms with E-state index in [0.717, 1.165) is 19.3 Å². The minimum Gasteiger partial charge on any atom is -0.459 e. The van der Waals surface area contributed by atoms with Crippen molar-refractivity contribution in [3.05, 3.63) is 12.2 Å². The molecule has 0 unspecified atom stereocenters. The van der Waals surface area contributed by atoms with Crippen LogP contribution in [0, 0.1) is 16.7 Å². The van der Waals surface area contributed by atoms with E-state index in [-0.39, 0.29) is 22.4 Å². The van der Waals surface area contributed by atoms with Crippen LogP contribution in [0.15, 0.2) is 12.2 Å². The van der Waals surface area contributed by atoms with Gasteiger partial charge in [-0.25, -0.2) is 0 Å². The van der Waals surface area contributed by atoms with Crippen molar-refractivity contribution < 1.29 is 9.53 Å². The summed E-state index contributed by atoms with van der Waals surface area (Å²) in [5.41, 5.74) is 1.32. The van der Waals surface area contributed by atoms with Crippen LogP contribution in [0.1, 0.15) is 60.3 Å². The molecule has 2 rings (SSSR count). The zero-order valence-corrected chi connectivity index (χ0v) is 12.4. The zero-order valence-electron chi connectivity index (χ0n) is 12.4. The molecule has 1 saturated heterocycles. The van der Waals surface area contributed by atoms with Crippen molar-refractivity contribution in [3.8, 4) is 0 Å². The molecular weight excluding hydrogens is 224 g/mol. The minimum atomic E-state index is -0.212. The Labute approximate surface area is 111 Å². The normalized spacial score (nSPS) is 29.3. The largest absolute Gasteiger partial charge is 0.459 e. The predicted molar refractivity (Wildman–Crippen MR) is 73.2 cm³/mol. The van der Waals surface area contributed by atoms with Crippen molar-refractivity contribution in [3.63, 3.8) is 0 Å². The first-order valence-corrected chi connectivity index (χ1v) is 6.95. The van der Waals surface area contributed by atoms with E-state index in [4.69, 9.17) is 4.74 Å². The van der Waals surface area contributed by atoms with Crippen molar-refractivity contribution in [2.75, 3.05) is 0 Å². The van der Waals surface area contributed by atoms with E-state index in [1.54, 1.807) is 0 Å². The summed E-state index contributed by atoms with van der Waals surface area (Å²) < 4.78 is 5.72. The van der Waals surface area contributed by atoms with Gasteiger partial charge in [-0.2, -0.15) is 0 Å². The van der Waals surface area contributed by atoms with E-state index in [1.807, 2.05) is 0 Å². The molecule has 0 bridgehead atoms. The number of hydrogen-bond donors (Lipinski definition) is 0. The van der Waals surface area contributed by atoms with Crippen molar-refractivity contribution >= 4 is 5.97 Å². The van der Waals surface area contributed by atoms with Crippen LogP contribution in [-0.4, -0.2) is 11.6 Å². The Bertz CT molecular complexity index is 372. The first-order chi connectivity index (χ1) is 8.08. The molecule has 2 aliphatic rings. The maximum Gasteiger partial charge on any atom is 0.306 e. The Hall–Kier alpha value is -0.790. The van der Waals surface area contributed by atoms with E-state index in [2.05, 4.69) is 41.2 Å². The standard InChI is InChI=1S/C16H26O2/c1-11(2)13-14(3,4)9-16(10-15(13,5)6)8-7-12(17)18-16/h13H,1,7-10H2,2-6H3. The van der Waals surface area contributed by atoms with E-state index in [0.29, 0.717) is 12.3 Å². The van der Waals surface area contributed by atoms with E-state index in [9.17, 15) is 4.79 Å². The number of carbonyl (C=O) groups excluding carboxylic acids is 1. The van der Waals surface area contributed by atoms with Gasteiger partial charge in [-0.1, -0.05) is 39.8 Å². The first-order valence-electron chi connectivity index (χ1n) is 6.95.